The number of anilines is 1. The van der Waals surface area contributed by atoms with Gasteiger partial charge in [-0.3, -0.25) is 4.98 Å². The summed E-state index contributed by atoms with van der Waals surface area (Å²) < 4.78 is 9.92. The molecular weight excluding hydrogens is 222 g/mol. The highest BCUT2D eigenvalue weighted by Crippen LogP contribution is 2.04. The van der Waals surface area contributed by atoms with E-state index in [1.807, 2.05) is 13.8 Å². The zero-order valence-corrected chi connectivity index (χ0v) is 10.3. The number of hydrogen-bond acceptors (Lipinski definition) is 6. The number of methoxy groups -OCH3 is 1. The van der Waals surface area contributed by atoms with E-state index < -0.39 is 5.97 Å². The molecular formula is C11H17N3O3. The number of nitrogens with zero attached hydrogens (tertiary/aromatic N) is 2. The largest absolute Gasteiger partial charge is 0.464 e. The zero-order chi connectivity index (χ0) is 12.7. The van der Waals surface area contributed by atoms with Crippen LogP contribution >= 0.6 is 0 Å². The highest BCUT2D eigenvalue weighted by atomic mass is 16.5. The first-order valence-corrected chi connectivity index (χ1v) is 5.43. The van der Waals surface area contributed by atoms with Crippen molar-refractivity contribution in [1.82, 2.24) is 9.97 Å². The first-order chi connectivity index (χ1) is 8.17. The Morgan fingerprint density at radius 1 is 1.53 bits per heavy atom. The molecule has 0 saturated heterocycles. The molecule has 0 aliphatic carbocycles. The lowest BCUT2D eigenvalue weighted by Gasteiger charge is -2.12. The first kappa shape index (κ1) is 13.4. The average Bonchev–Trinajstić information content (AvgIpc) is 2.36. The molecule has 0 fully saturated rings. The van der Waals surface area contributed by atoms with Gasteiger partial charge in [0.25, 0.3) is 0 Å². The van der Waals surface area contributed by atoms with Gasteiger partial charge in [0.15, 0.2) is 5.69 Å². The van der Waals surface area contributed by atoms with Gasteiger partial charge in [0.05, 0.1) is 25.6 Å². The van der Waals surface area contributed by atoms with Crippen LogP contribution in [0, 0.1) is 0 Å². The molecule has 1 aromatic heterocycles. The summed E-state index contributed by atoms with van der Waals surface area (Å²) in [6.07, 6.45) is 2.98. The van der Waals surface area contributed by atoms with Crippen LogP contribution < -0.4 is 5.32 Å². The molecule has 0 aliphatic rings. The molecule has 1 aromatic rings. The molecule has 1 unspecified atom stereocenters. The standard InChI is InChI=1S/C11H17N3O3/c1-4-17-8(2)5-13-10-7-12-6-9(14-10)11(15)16-3/h6-8H,4-5H2,1-3H3,(H,13,14). The van der Waals surface area contributed by atoms with Crippen LogP contribution in [0.2, 0.25) is 0 Å². The zero-order valence-electron chi connectivity index (χ0n) is 10.3. The predicted octanol–water partition coefficient (Wildman–Crippen LogP) is 1.10. The van der Waals surface area contributed by atoms with Crippen LogP contribution in [0.4, 0.5) is 5.82 Å². The van der Waals surface area contributed by atoms with Gasteiger partial charge in [-0.1, -0.05) is 0 Å². The van der Waals surface area contributed by atoms with E-state index in [9.17, 15) is 4.79 Å². The van der Waals surface area contributed by atoms with E-state index in [1.54, 1.807) is 6.20 Å². The van der Waals surface area contributed by atoms with Gasteiger partial charge in [-0.05, 0) is 13.8 Å². The molecule has 0 bridgehead atoms. The molecule has 1 rings (SSSR count). The van der Waals surface area contributed by atoms with E-state index >= 15 is 0 Å². The maximum Gasteiger partial charge on any atom is 0.358 e. The summed E-state index contributed by atoms with van der Waals surface area (Å²) in [4.78, 5) is 19.2. The number of rotatable bonds is 6. The Labute approximate surface area is 100 Å². The molecule has 94 valence electrons. The maximum atomic E-state index is 11.2. The summed E-state index contributed by atoms with van der Waals surface area (Å²) in [5.41, 5.74) is 0.182. The van der Waals surface area contributed by atoms with Gasteiger partial charge in [0.2, 0.25) is 0 Å². The molecule has 0 radical (unpaired) electrons. The highest BCUT2D eigenvalue weighted by Gasteiger charge is 2.08. The number of carbonyl (C=O) groups excluding carboxylic acids is 1. The van der Waals surface area contributed by atoms with Crippen LogP contribution in [-0.4, -0.2) is 42.3 Å². The highest BCUT2D eigenvalue weighted by molar-refractivity contribution is 5.87. The van der Waals surface area contributed by atoms with Crippen LogP contribution in [0.25, 0.3) is 0 Å². The third-order valence-electron chi connectivity index (χ3n) is 2.05. The van der Waals surface area contributed by atoms with Crippen molar-refractivity contribution in [3.63, 3.8) is 0 Å². The third kappa shape index (κ3) is 4.36. The van der Waals surface area contributed by atoms with E-state index in [-0.39, 0.29) is 11.8 Å². The molecule has 0 aliphatic heterocycles. The van der Waals surface area contributed by atoms with E-state index in [0.717, 1.165) is 0 Å². The Balaban J connectivity index is 2.57. The van der Waals surface area contributed by atoms with Crippen LogP contribution in [0.5, 0.6) is 0 Å². The van der Waals surface area contributed by atoms with Gasteiger partial charge in [-0.2, -0.15) is 0 Å². The lowest BCUT2D eigenvalue weighted by atomic mass is 10.4. The second kappa shape index (κ2) is 6.80. The minimum absolute atomic E-state index is 0.0728. The van der Waals surface area contributed by atoms with Crippen molar-refractivity contribution in [1.29, 1.82) is 0 Å². The summed E-state index contributed by atoms with van der Waals surface area (Å²) in [5, 5.41) is 3.04. The second-order valence-electron chi connectivity index (χ2n) is 3.43. The molecule has 1 heterocycles. The second-order valence-corrected chi connectivity index (χ2v) is 3.43. The SMILES string of the molecule is CCOC(C)CNc1cncc(C(=O)OC)n1. The van der Waals surface area contributed by atoms with E-state index in [2.05, 4.69) is 20.0 Å². The summed E-state index contributed by atoms with van der Waals surface area (Å²) >= 11 is 0. The van der Waals surface area contributed by atoms with Gasteiger partial charge in [0.1, 0.15) is 5.82 Å². The van der Waals surface area contributed by atoms with Gasteiger partial charge in [0, 0.05) is 13.2 Å². The Hall–Kier alpha value is -1.69. The Morgan fingerprint density at radius 3 is 2.94 bits per heavy atom. The quantitative estimate of drug-likeness (QED) is 0.749. The molecule has 1 atom stereocenters. The monoisotopic (exact) mass is 239 g/mol. The minimum atomic E-state index is -0.501. The molecule has 1 N–H and O–H groups in total. The van der Waals surface area contributed by atoms with Gasteiger partial charge >= 0.3 is 5.97 Å². The normalized spacial score (nSPS) is 11.9. The number of aromatic nitrogens is 2. The molecule has 0 saturated carbocycles. The summed E-state index contributed by atoms with van der Waals surface area (Å²) in [6, 6.07) is 0. The fourth-order valence-electron chi connectivity index (χ4n) is 1.25. The van der Waals surface area contributed by atoms with E-state index in [1.165, 1.54) is 13.3 Å². The number of esters is 1. The number of hydrogen-bond donors (Lipinski definition) is 1. The van der Waals surface area contributed by atoms with Crippen molar-refractivity contribution >= 4 is 11.8 Å². The summed E-state index contributed by atoms with van der Waals surface area (Å²) in [6.45, 7) is 5.16. The maximum absolute atomic E-state index is 11.2. The van der Waals surface area contributed by atoms with Crippen LogP contribution in [0.15, 0.2) is 12.4 Å². The molecule has 0 amide bonds. The lowest BCUT2D eigenvalue weighted by Crippen LogP contribution is -2.20. The van der Waals surface area contributed by atoms with E-state index in [4.69, 9.17) is 4.74 Å². The molecule has 6 nitrogen and oxygen atoms in total. The Morgan fingerprint density at radius 2 is 2.29 bits per heavy atom. The molecule has 0 spiro atoms. The van der Waals surface area contributed by atoms with Crippen molar-refractivity contribution in [2.24, 2.45) is 0 Å². The first-order valence-electron chi connectivity index (χ1n) is 5.43. The van der Waals surface area contributed by atoms with Crippen molar-refractivity contribution in [2.45, 2.75) is 20.0 Å². The van der Waals surface area contributed by atoms with Gasteiger partial charge < -0.3 is 14.8 Å². The molecule has 17 heavy (non-hydrogen) atoms. The lowest BCUT2D eigenvalue weighted by molar-refractivity contribution is 0.0593. The molecule has 0 aromatic carbocycles. The molecule has 6 heteroatoms. The van der Waals surface area contributed by atoms with Gasteiger partial charge in [-0.15, -0.1) is 0 Å². The fourth-order valence-corrected chi connectivity index (χ4v) is 1.25. The summed E-state index contributed by atoms with van der Waals surface area (Å²) in [5.74, 6) is 0.0264. The van der Waals surface area contributed by atoms with Gasteiger partial charge in [-0.25, -0.2) is 9.78 Å². The van der Waals surface area contributed by atoms with Crippen molar-refractivity contribution in [2.75, 3.05) is 25.6 Å². The van der Waals surface area contributed by atoms with Crippen molar-refractivity contribution < 1.29 is 14.3 Å². The minimum Gasteiger partial charge on any atom is -0.464 e. The average molecular weight is 239 g/mol. The smallest absolute Gasteiger partial charge is 0.358 e. The fraction of sp³-hybridized carbons (Fsp3) is 0.545. The number of carbonyl (C=O) groups is 1. The van der Waals surface area contributed by atoms with Crippen molar-refractivity contribution in [3.8, 4) is 0 Å². The number of ether oxygens (including phenoxy) is 2. The number of nitrogens with one attached hydrogen (secondary N) is 1. The summed E-state index contributed by atoms with van der Waals surface area (Å²) in [7, 11) is 1.31. The third-order valence-corrected chi connectivity index (χ3v) is 2.05. The topological polar surface area (TPSA) is 73.3 Å². The van der Waals surface area contributed by atoms with Crippen LogP contribution in [0.3, 0.4) is 0 Å². The Bertz CT molecular complexity index is 371. The van der Waals surface area contributed by atoms with Crippen LogP contribution in [0.1, 0.15) is 24.3 Å². The Kier molecular flexibility index (Phi) is 5.35. The van der Waals surface area contributed by atoms with E-state index in [0.29, 0.717) is 19.0 Å². The predicted molar refractivity (Wildman–Crippen MR) is 62.9 cm³/mol. The van der Waals surface area contributed by atoms with Crippen molar-refractivity contribution in [3.05, 3.63) is 18.1 Å². The van der Waals surface area contributed by atoms with Crippen LogP contribution in [-0.2, 0) is 9.47 Å².